The lowest BCUT2D eigenvalue weighted by molar-refractivity contribution is -0.126. The molecule has 1 saturated heterocycles. The summed E-state index contributed by atoms with van der Waals surface area (Å²) in [6.45, 7) is 0.431. The van der Waals surface area contributed by atoms with Crippen LogP contribution in [0.2, 0.25) is 0 Å². The first kappa shape index (κ1) is 21.5. The molecule has 2 aromatic rings. The number of carbonyl (C=O) groups is 2. The fourth-order valence-corrected chi connectivity index (χ4v) is 3.48. The lowest BCUT2D eigenvalue weighted by Crippen LogP contribution is -2.41. The molecule has 0 bridgehead atoms. The second kappa shape index (κ2) is 9.08. The smallest absolute Gasteiger partial charge is 0.295 e. The molecule has 1 aliphatic heterocycles. The number of hydrogen-bond donors (Lipinski definition) is 3. The van der Waals surface area contributed by atoms with Gasteiger partial charge in [-0.3, -0.25) is 20.4 Å². The standard InChI is InChI=1S/C20H20N6O5/c1-29-14-9-25-19(30-2)16-15(14)13(8-24-16)17(27)20(28)26-5-3-11(4-6-26)12(7-21)18(23)31-10-22/h8-10,22-24H,3-6H2,1-2H3. The Balaban J connectivity index is 1.83. The molecule has 1 fully saturated rings. The van der Waals surface area contributed by atoms with Crippen molar-refractivity contribution in [2.24, 2.45) is 0 Å². The van der Waals surface area contributed by atoms with E-state index in [9.17, 15) is 14.9 Å². The van der Waals surface area contributed by atoms with Gasteiger partial charge in [0.1, 0.15) is 22.9 Å². The van der Waals surface area contributed by atoms with Crippen LogP contribution in [0, 0.1) is 22.1 Å². The van der Waals surface area contributed by atoms with Crippen LogP contribution in [0.15, 0.2) is 23.5 Å². The number of aromatic nitrogens is 2. The van der Waals surface area contributed by atoms with Gasteiger partial charge in [0, 0.05) is 19.3 Å². The molecule has 0 atom stereocenters. The third kappa shape index (κ3) is 3.95. The van der Waals surface area contributed by atoms with Gasteiger partial charge in [-0.2, -0.15) is 5.26 Å². The summed E-state index contributed by atoms with van der Waals surface area (Å²) in [6, 6.07) is 1.91. The minimum atomic E-state index is -0.703. The van der Waals surface area contributed by atoms with E-state index in [4.69, 9.17) is 20.3 Å². The summed E-state index contributed by atoms with van der Waals surface area (Å²) in [7, 11) is 2.89. The zero-order valence-electron chi connectivity index (χ0n) is 16.9. The number of rotatable bonds is 6. The molecule has 0 aromatic carbocycles. The summed E-state index contributed by atoms with van der Waals surface area (Å²) in [4.78, 5) is 34.3. The van der Waals surface area contributed by atoms with E-state index in [0.717, 1.165) is 0 Å². The second-order valence-electron chi connectivity index (χ2n) is 6.56. The summed E-state index contributed by atoms with van der Waals surface area (Å²) >= 11 is 0. The first-order valence-electron chi connectivity index (χ1n) is 9.25. The Labute approximate surface area is 177 Å². The number of nitrogens with one attached hydrogen (secondary N) is 3. The monoisotopic (exact) mass is 424 g/mol. The summed E-state index contributed by atoms with van der Waals surface area (Å²) in [6.07, 6.45) is 4.07. The van der Waals surface area contributed by atoms with Crippen molar-refractivity contribution in [2.45, 2.75) is 12.8 Å². The van der Waals surface area contributed by atoms with Crippen LogP contribution in [-0.4, -0.2) is 66.2 Å². The molecule has 0 radical (unpaired) electrons. The van der Waals surface area contributed by atoms with Crippen molar-refractivity contribution in [3.8, 4) is 17.7 Å². The Morgan fingerprint density at radius 3 is 2.58 bits per heavy atom. The number of nitriles is 1. The lowest BCUT2D eigenvalue weighted by atomic mass is 9.97. The van der Waals surface area contributed by atoms with Gasteiger partial charge in [-0.05, 0) is 18.4 Å². The summed E-state index contributed by atoms with van der Waals surface area (Å²) < 4.78 is 15.2. The maximum atomic E-state index is 13.0. The predicted molar refractivity (Wildman–Crippen MR) is 110 cm³/mol. The number of amides is 1. The molecular formula is C20H20N6O5. The minimum absolute atomic E-state index is 0.0443. The number of ketones is 1. The van der Waals surface area contributed by atoms with Crippen LogP contribution in [-0.2, 0) is 9.53 Å². The van der Waals surface area contributed by atoms with Crippen LogP contribution < -0.4 is 9.47 Å². The largest absolute Gasteiger partial charge is 0.494 e. The van der Waals surface area contributed by atoms with E-state index < -0.39 is 17.6 Å². The molecule has 1 aliphatic rings. The van der Waals surface area contributed by atoms with Gasteiger partial charge >= 0.3 is 0 Å². The number of Topliss-reactive ketones (excluding diaryl/α,β-unsaturated/α-hetero) is 1. The average molecular weight is 424 g/mol. The minimum Gasteiger partial charge on any atom is -0.494 e. The Morgan fingerprint density at radius 1 is 1.29 bits per heavy atom. The summed E-state index contributed by atoms with van der Waals surface area (Å²) in [5.41, 5.74) is 1.29. The van der Waals surface area contributed by atoms with Gasteiger partial charge < -0.3 is 24.1 Å². The number of pyridine rings is 1. The van der Waals surface area contributed by atoms with Crippen LogP contribution in [0.4, 0.5) is 0 Å². The van der Waals surface area contributed by atoms with Crippen molar-refractivity contribution < 1.29 is 23.8 Å². The molecule has 3 N–H and O–H groups in total. The number of piperidine rings is 1. The number of carbonyl (C=O) groups excluding carboxylic acids is 2. The van der Waals surface area contributed by atoms with Crippen LogP contribution in [0.25, 0.3) is 10.9 Å². The molecule has 160 valence electrons. The van der Waals surface area contributed by atoms with E-state index >= 15 is 0 Å². The number of aromatic amines is 1. The topological polar surface area (TPSA) is 165 Å². The van der Waals surface area contributed by atoms with Crippen LogP contribution in [0.5, 0.6) is 11.6 Å². The van der Waals surface area contributed by atoms with Gasteiger partial charge in [0.2, 0.25) is 11.8 Å². The van der Waals surface area contributed by atoms with E-state index in [-0.39, 0.29) is 30.1 Å². The lowest BCUT2D eigenvalue weighted by Gasteiger charge is -2.28. The number of hydrogen-bond acceptors (Lipinski definition) is 9. The van der Waals surface area contributed by atoms with Crippen molar-refractivity contribution in [2.75, 3.05) is 27.3 Å². The SMILES string of the molecule is COc1ncc(OC)c2c(C(=O)C(=O)N3CCC(=C(C#N)C(=N)OC=N)CC3)c[nH]c12. The molecule has 0 saturated carbocycles. The van der Waals surface area contributed by atoms with Crippen LogP contribution in [0.3, 0.4) is 0 Å². The number of H-pyrrole nitrogens is 1. The molecule has 31 heavy (non-hydrogen) atoms. The van der Waals surface area contributed by atoms with Gasteiger partial charge in [-0.1, -0.05) is 0 Å². The van der Waals surface area contributed by atoms with Crippen LogP contribution in [0.1, 0.15) is 23.2 Å². The molecule has 11 nitrogen and oxygen atoms in total. The molecule has 0 aliphatic carbocycles. The normalized spacial score (nSPS) is 13.3. The molecule has 1 amide bonds. The van der Waals surface area contributed by atoms with Crippen molar-refractivity contribution in [1.82, 2.24) is 14.9 Å². The number of methoxy groups -OCH3 is 2. The Morgan fingerprint density at radius 2 is 2.00 bits per heavy atom. The highest BCUT2D eigenvalue weighted by molar-refractivity contribution is 6.45. The predicted octanol–water partition coefficient (Wildman–Crippen LogP) is 1.81. The van der Waals surface area contributed by atoms with E-state index in [1.807, 2.05) is 6.07 Å². The van der Waals surface area contributed by atoms with Crippen molar-refractivity contribution in [1.29, 1.82) is 16.1 Å². The van der Waals surface area contributed by atoms with Gasteiger partial charge in [0.25, 0.3) is 11.7 Å². The Hall–Kier alpha value is -4.20. The number of likely N-dealkylation sites (tertiary alicyclic amines) is 1. The number of ether oxygens (including phenoxy) is 3. The van der Waals surface area contributed by atoms with E-state index in [1.165, 1.54) is 31.5 Å². The number of fused-ring (bicyclic) bond motifs is 1. The third-order valence-electron chi connectivity index (χ3n) is 5.02. The molecule has 3 heterocycles. The molecule has 3 rings (SSSR count). The summed E-state index contributed by atoms with van der Waals surface area (Å²) in [5, 5.41) is 24.3. The van der Waals surface area contributed by atoms with Gasteiger partial charge in [0.05, 0.1) is 31.4 Å². The maximum Gasteiger partial charge on any atom is 0.295 e. The Bertz CT molecular complexity index is 1130. The number of nitrogens with zero attached hydrogens (tertiary/aromatic N) is 3. The first-order valence-corrected chi connectivity index (χ1v) is 9.25. The van der Waals surface area contributed by atoms with E-state index in [1.54, 1.807) is 0 Å². The third-order valence-corrected chi connectivity index (χ3v) is 5.02. The molecule has 11 heteroatoms. The highest BCUT2D eigenvalue weighted by atomic mass is 16.5. The maximum absolute atomic E-state index is 13.0. The highest BCUT2D eigenvalue weighted by Crippen LogP contribution is 2.33. The zero-order valence-corrected chi connectivity index (χ0v) is 16.9. The molecule has 2 aromatic heterocycles. The fraction of sp³-hybridized carbons (Fsp3) is 0.300. The average Bonchev–Trinajstić information content (AvgIpc) is 3.24. The van der Waals surface area contributed by atoms with Crippen molar-refractivity contribution in [3.63, 3.8) is 0 Å². The van der Waals surface area contributed by atoms with Crippen molar-refractivity contribution >= 4 is 34.9 Å². The molecule has 0 spiro atoms. The fourth-order valence-electron chi connectivity index (χ4n) is 3.48. The first-order chi connectivity index (χ1) is 15.0. The molecular weight excluding hydrogens is 404 g/mol. The highest BCUT2D eigenvalue weighted by Gasteiger charge is 2.30. The van der Waals surface area contributed by atoms with Crippen molar-refractivity contribution in [3.05, 3.63) is 29.1 Å². The second-order valence-corrected chi connectivity index (χ2v) is 6.56. The van der Waals surface area contributed by atoms with E-state index in [0.29, 0.717) is 41.5 Å². The van der Waals surface area contributed by atoms with Gasteiger partial charge in [0.15, 0.2) is 6.40 Å². The van der Waals surface area contributed by atoms with Gasteiger partial charge in [-0.25, -0.2) is 4.98 Å². The molecule has 0 unspecified atom stereocenters. The summed E-state index contributed by atoms with van der Waals surface area (Å²) in [5.74, 6) is -1.18. The van der Waals surface area contributed by atoms with E-state index in [2.05, 4.69) is 14.7 Å². The quantitative estimate of drug-likeness (QED) is 0.209. The zero-order chi connectivity index (χ0) is 22.5. The van der Waals surface area contributed by atoms with Gasteiger partial charge in [-0.15, -0.1) is 0 Å². The Kier molecular flexibility index (Phi) is 6.30. The van der Waals surface area contributed by atoms with Crippen LogP contribution >= 0.6 is 0 Å².